The van der Waals surface area contributed by atoms with Gasteiger partial charge in [-0.3, -0.25) is 0 Å². The summed E-state index contributed by atoms with van der Waals surface area (Å²) in [4.78, 5) is 9.87. The first-order valence-corrected chi connectivity index (χ1v) is 8.72. The van der Waals surface area contributed by atoms with Crippen molar-refractivity contribution in [3.8, 4) is 0 Å². The average molecular weight is 287 g/mol. The summed E-state index contributed by atoms with van der Waals surface area (Å²) in [6.07, 6.45) is 9.78. The lowest BCUT2D eigenvalue weighted by Crippen LogP contribution is -2.22. The molecule has 1 aromatic rings. The fourth-order valence-corrected chi connectivity index (χ4v) is 3.68. The number of hydrogen-bond acceptors (Lipinski definition) is 3. The van der Waals surface area contributed by atoms with E-state index in [1.165, 1.54) is 43.4 Å². The summed E-state index contributed by atoms with van der Waals surface area (Å²) in [5.41, 5.74) is 3.23. The lowest BCUT2D eigenvalue weighted by molar-refractivity contribution is 0.220. The number of rotatable bonds is 4. The van der Waals surface area contributed by atoms with Crippen molar-refractivity contribution < 1.29 is 0 Å². The average Bonchev–Trinajstić information content (AvgIpc) is 2.93. The molecule has 0 aromatic carbocycles. The van der Waals surface area contributed by atoms with Crippen LogP contribution in [0.25, 0.3) is 0 Å². The second-order valence-corrected chi connectivity index (χ2v) is 7.57. The van der Waals surface area contributed by atoms with Crippen LogP contribution >= 0.6 is 0 Å². The lowest BCUT2D eigenvalue weighted by atomic mass is 9.73. The van der Waals surface area contributed by atoms with Crippen LogP contribution in [0.2, 0.25) is 0 Å². The maximum atomic E-state index is 4.94. The molecule has 1 aromatic heterocycles. The van der Waals surface area contributed by atoms with Gasteiger partial charge < -0.3 is 5.32 Å². The third-order valence-electron chi connectivity index (χ3n) is 5.20. The monoisotopic (exact) mass is 287 g/mol. The normalized spacial score (nSPS) is 21.3. The van der Waals surface area contributed by atoms with Gasteiger partial charge in [0.05, 0.1) is 0 Å². The van der Waals surface area contributed by atoms with Gasteiger partial charge in [-0.15, -0.1) is 0 Å². The van der Waals surface area contributed by atoms with Crippen molar-refractivity contribution in [1.82, 2.24) is 9.97 Å². The topological polar surface area (TPSA) is 37.8 Å². The number of anilines is 1. The quantitative estimate of drug-likeness (QED) is 0.887. The molecular weight excluding hydrogens is 258 g/mol. The maximum absolute atomic E-state index is 4.94. The highest BCUT2D eigenvalue weighted by atomic mass is 15.0. The SMILES string of the molecule is CCCNc1nc(C2CCC(C)(C)CC2)nc2c1CCC2. The Morgan fingerprint density at radius 3 is 2.62 bits per heavy atom. The highest BCUT2D eigenvalue weighted by Crippen LogP contribution is 2.42. The molecule has 1 fully saturated rings. The minimum Gasteiger partial charge on any atom is -0.370 e. The molecule has 0 amide bonds. The molecule has 0 unspecified atom stereocenters. The van der Waals surface area contributed by atoms with Crippen molar-refractivity contribution in [1.29, 1.82) is 0 Å². The molecule has 21 heavy (non-hydrogen) atoms. The number of hydrogen-bond donors (Lipinski definition) is 1. The van der Waals surface area contributed by atoms with Gasteiger partial charge in [-0.2, -0.15) is 0 Å². The van der Waals surface area contributed by atoms with Crippen LogP contribution in [0.5, 0.6) is 0 Å². The lowest BCUT2D eigenvalue weighted by Gasteiger charge is -2.33. The van der Waals surface area contributed by atoms with Crippen LogP contribution in [0.15, 0.2) is 0 Å². The van der Waals surface area contributed by atoms with Crippen LogP contribution in [0, 0.1) is 5.41 Å². The Kier molecular flexibility index (Phi) is 4.19. The highest BCUT2D eigenvalue weighted by molar-refractivity contribution is 5.49. The zero-order valence-electron chi connectivity index (χ0n) is 13.8. The van der Waals surface area contributed by atoms with Gasteiger partial charge in [-0.05, 0) is 56.8 Å². The Bertz CT molecular complexity index is 497. The second kappa shape index (κ2) is 5.94. The number of nitrogens with zero attached hydrogens (tertiary/aromatic N) is 2. The number of nitrogens with one attached hydrogen (secondary N) is 1. The van der Waals surface area contributed by atoms with Crippen LogP contribution < -0.4 is 5.32 Å². The van der Waals surface area contributed by atoms with Crippen LogP contribution in [-0.2, 0) is 12.8 Å². The summed E-state index contributed by atoms with van der Waals surface area (Å²) in [5.74, 6) is 2.83. The summed E-state index contributed by atoms with van der Waals surface area (Å²) >= 11 is 0. The van der Waals surface area contributed by atoms with Crippen molar-refractivity contribution in [2.75, 3.05) is 11.9 Å². The van der Waals surface area contributed by atoms with E-state index in [1.807, 2.05) is 0 Å². The first-order valence-electron chi connectivity index (χ1n) is 8.72. The number of aryl methyl sites for hydroxylation is 1. The van der Waals surface area contributed by atoms with Gasteiger partial charge >= 0.3 is 0 Å². The molecule has 0 radical (unpaired) electrons. The van der Waals surface area contributed by atoms with Crippen LogP contribution in [0.1, 0.15) is 82.3 Å². The summed E-state index contributed by atoms with van der Waals surface area (Å²) in [7, 11) is 0. The third-order valence-corrected chi connectivity index (χ3v) is 5.20. The van der Waals surface area contributed by atoms with Gasteiger partial charge in [-0.1, -0.05) is 20.8 Å². The second-order valence-electron chi connectivity index (χ2n) is 7.57. The van der Waals surface area contributed by atoms with Crippen molar-refractivity contribution in [2.24, 2.45) is 5.41 Å². The minimum absolute atomic E-state index is 0.510. The van der Waals surface area contributed by atoms with E-state index < -0.39 is 0 Å². The zero-order valence-corrected chi connectivity index (χ0v) is 13.8. The molecule has 1 N–H and O–H groups in total. The minimum atomic E-state index is 0.510. The largest absolute Gasteiger partial charge is 0.370 e. The van der Waals surface area contributed by atoms with Gasteiger partial charge in [0.2, 0.25) is 0 Å². The van der Waals surface area contributed by atoms with Crippen molar-refractivity contribution >= 4 is 5.82 Å². The standard InChI is InChI=1S/C18H29N3/c1-4-12-19-17-14-6-5-7-15(14)20-16(21-17)13-8-10-18(2,3)11-9-13/h13H,4-12H2,1-3H3,(H,19,20,21). The van der Waals surface area contributed by atoms with Gasteiger partial charge in [0.1, 0.15) is 11.6 Å². The number of fused-ring (bicyclic) bond motifs is 1. The molecule has 0 atom stereocenters. The first kappa shape index (κ1) is 14.8. The first-order chi connectivity index (χ1) is 10.1. The van der Waals surface area contributed by atoms with Crippen molar-refractivity contribution in [3.63, 3.8) is 0 Å². The summed E-state index contributed by atoms with van der Waals surface area (Å²) in [6, 6.07) is 0. The molecular formula is C18H29N3. The van der Waals surface area contributed by atoms with Crippen LogP contribution in [0.4, 0.5) is 5.82 Å². The van der Waals surface area contributed by atoms with E-state index >= 15 is 0 Å². The van der Waals surface area contributed by atoms with Gasteiger partial charge in [-0.25, -0.2) is 9.97 Å². The maximum Gasteiger partial charge on any atom is 0.134 e. The molecule has 0 aliphatic heterocycles. The molecule has 116 valence electrons. The Hall–Kier alpha value is -1.12. The molecule has 1 heterocycles. The molecule has 2 aliphatic carbocycles. The summed E-state index contributed by atoms with van der Waals surface area (Å²) < 4.78 is 0. The smallest absolute Gasteiger partial charge is 0.134 e. The Morgan fingerprint density at radius 1 is 1.14 bits per heavy atom. The molecule has 3 heteroatoms. The van der Waals surface area contributed by atoms with Crippen LogP contribution in [-0.4, -0.2) is 16.5 Å². The molecule has 1 saturated carbocycles. The summed E-state index contributed by atoms with van der Waals surface area (Å²) in [6.45, 7) is 8.00. The number of aromatic nitrogens is 2. The predicted octanol–water partition coefficient (Wildman–Crippen LogP) is 4.47. The van der Waals surface area contributed by atoms with E-state index in [2.05, 4.69) is 26.1 Å². The summed E-state index contributed by atoms with van der Waals surface area (Å²) in [5, 5.41) is 3.54. The van der Waals surface area contributed by atoms with Crippen LogP contribution in [0.3, 0.4) is 0 Å². The van der Waals surface area contributed by atoms with E-state index in [-0.39, 0.29) is 0 Å². The van der Waals surface area contributed by atoms with E-state index in [4.69, 9.17) is 9.97 Å². The van der Waals surface area contributed by atoms with Crippen molar-refractivity contribution in [3.05, 3.63) is 17.1 Å². The molecule has 0 spiro atoms. The third kappa shape index (κ3) is 3.22. The van der Waals surface area contributed by atoms with Gasteiger partial charge in [0, 0.05) is 23.7 Å². The Morgan fingerprint density at radius 2 is 1.90 bits per heavy atom. The van der Waals surface area contributed by atoms with Crippen molar-refractivity contribution in [2.45, 2.75) is 78.1 Å². The molecule has 0 bridgehead atoms. The Labute approximate surface area is 129 Å². The van der Waals surface area contributed by atoms with Gasteiger partial charge in [0.15, 0.2) is 0 Å². The fourth-order valence-electron chi connectivity index (χ4n) is 3.68. The van der Waals surface area contributed by atoms with E-state index in [9.17, 15) is 0 Å². The predicted molar refractivity (Wildman–Crippen MR) is 87.8 cm³/mol. The molecule has 0 saturated heterocycles. The zero-order chi connectivity index (χ0) is 14.9. The van der Waals surface area contributed by atoms with E-state index in [0.717, 1.165) is 37.4 Å². The molecule has 3 rings (SSSR count). The van der Waals surface area contributed by atoms with E-state index in [0.29, 0.717) is 11.3 Å². The van der Waals surface area contributed by atoms with Gasteiger partial charge in [0.25, 0.3) is 0 Å². The fraction of sp³-hybridized carbons (Fsp3) is 0.778. The molecule has 2 aliphatic rings. The Balaban J connectivity index is 1.82. The highest BCUT2D eigenvalue weighted by Gasteiger charge is 2.30. The van der Waals surface area contributed by atoms with E-state index in [1.54, 1.807) is 0 Å². The molecule has 3 nitrogen and oxygen atoms in total.